The van der Waals surface area contributed by atoms with Gasteiger partial charge in [-0.25, -0.2) is 0 Å². The van der Waals surface area contributed by atoms with Gasteiger partial charge in [0.25, 0.3) is 0 Å². The van der Waals surface area contributed by atoms with Gasteiger partial charge in [-0.1, -0.05) is 127 Å². The van der Waals surface area contributed by atoms with Crippen LogP contribution in [0.25, 0.3) is 82.4 Å². The number of nitrogens with zero attached hydrogens (tertiary/aromatic N) is 2. The van der Waals surface area contributed by atoms with Crippen LogP contribution in [0.3, 0.4) is 0 Å². The minimum absolute atomic E-state index is 1.13. The predicted molar refractivity (Wildman–Crippen MR) is 220 cm³/mol. The SMILES string of the molecule is c1ccc(N(c2ccccc2)c2ccc(-c3ccc(-n4c5cccc6c5c5c7c(cc8ccccc8c7ccc54)-c4ccccc4-6)cc3)cc2)cc1. The minimum atomic E-state index is 1.13. The lowest BCUT2D eigenvalue weighted by Gasteiger charge is -2.25. The van der Waals surface area contributed by atoms with Crippen LogP contribution in [-0.4, -0.2) is 4.57 Å². The topological polar surface area (TPSA) is 8.17 Å². The molecule has 0 saturated heterocycles. The smallest absolute Gasteiger partial charge is 0.0548 e. The maximum absolute atomic E-state index is 2.46. The number of hydrogen-bond acceptors (Lipinski definition) is 1. The van der Waals surface area contributed by atoms with Gasteiger partial charge in [-0.15, -0.1) is 0 Å². The molecule has 0 N–H and O–H groups in total. The second-order valence-electron chi connectivity index (χ2n) is 13.7. The highest BCUT2D eigenvalue weighted by Gasteiger charge is 2.25. The maximum Gasteiger partial charge on any atom is 0.0548 e. The van der Waals surface area contributed by atoms with Crippen molar-refractivity contribution in [1.82, 2.24) is 4.57 Å². The zero-order valence-electron chi connectivity index (χ0n) is 28.4. The molecule has 0 unspecified atom stereocenters. The molecule has 0 saturated carbocycles. The van der Waals surface area contributed by atoms with E-state index in [-0.39, 0.29) is 0 Å². The Hall–Kier alpha value is -6.90. The number of benzene rings is 9. The second-order valence-corrected chi connectivity index (χ2v) is 13.7. The van der Waals surface area contributed by atoms with Crippen molar-refractivity contribution in [2.75, 3.05) is 4.90 Å². The van der Waals surface area contributed by atoms with E-state index in [9.17, 15) is 0 Å². The minimum Gasteiger partial charge on any atom is -0.311 e. The number of fused-ring (bicyclic) bond motifs is 5. The quantitative estimate of drug-likeness (QED) is 0.167. The zero-order valence-corrected chi connectivity index (χ0v) is 28.4. The van der Waals surface area contributed by atoms with Crippen molar-refractivity contribution in [3.8, 4) is 39.1 Å². The third kappa shape index (κ3) is 4.25. The summed E-state index contributed by atoms with van der Waals surface area (Å²) in [6.07, 6.45) is 0. The number of rotatable bonds is 5. The van der Waals surface area contributed by atoms with Crippen molar-refractivity contribution in [2.24, 2.45) is 0 Å². The fourth-order valence-electron chi connectivity index (χ4n) is 8.63. The van der Waals surface area contributed by atoms with Crippen LogP contribution in [0.15, 0.2) is 194 Å². The summed E-state index contributed by atoms with van der Waals surface area (Å²) in [5.74, 6) is 0. The Morgan fingerprint density at radius 1 is 0.327 bits per heavy atom. The first-order chi connectivity index (χ1) is 25.8. The largest absolute Gasteiger partial charge is 0.311 e. The summed E-state index contributed by atoms with van der Waals surface area (Å²) in [7, 11) is 0. The van der Waals surface area contributed by atoms with Gasteiger partial charge in [-0.3, -0.25) is 0 Å². The molecule has 0 atom stereocenters. The van der Waals surface area contributed by atoms with E-state index in [2.05, 4.69) is 204 Å². The lowest BCUT2D eigenvalue weighted by molar-refractivity contribution is 1.18. The van der Waals surface area contributed by atoms with Crippen LogP contribution < -0.4 is 4.90 Å². The van der Waals surface area contributed by atoms with Crippen LogP contribution in [0.2, 0.25) is 0 Å². The van der Waals surface area contributed by atoms with Crippen molar-refractivity contribution in [1.29, 1.82) is 0 Å². The van der Waals surface area contributed by atoms with Crippen molar-refractivity contribution in [2.45, 2.75) is 0 Å². The molecule has 2 nitrogen and oxygen atoms in total. The predicted octanol–water partition coefficient (Wildman–Crippen LogP) is 13.9. The molecule has 0 fully saturated rings. The average molecular weight is 661 g/mol. The molecule has 2 heteroatoms. The molecule has 0 amide bonds. The molecule has 11 rings (SSSR count). The first kappa shape index (κ1) is 28.9. The Balaban J connectivity index is 1.06. The van der Waals surface area contributed by atoms with Gasteiger partial charge in [0.2, 0.25) is 0 Å². The Kier molecular flexibility index (Phi) is 6.28. The van der Waals surface area contributed by atoms with Crippen molar-refractivity contribution in [3.05, 3.63) is 194 Å². The lowest BCUT2D eigenvalue weighted by atomic mass is 9.90. The van der Waals surface area contributed by atoms with Gasteiger partial charge in [0.15, 0.2) is 0 Å². The summed E-state index contributed by atoms with van der Waals surface area (Å²) in [6, 6.07) is 70.8. The highest BCUT2D eigenvalue weighted by atomic mass is 15.1. The van der Waals surface area contributed by atoms with E-state index in [1.165, 1.54) is 76.7 Å². The third-order valence-corrected chi connectivity index (χ3v) is 10.9. The molecule has 0 radical (unpaired) electrons. The molecular weight excluding hydrogens is 629 g/mol. The normalized spacial score (nSPS) is 11.8. The molecule has 1 aliphatic rings. The fourth-order valence-corrected chi connectivity index (χ4v) is 8.63. The summed E-state index contributed by atoms with van der Waals surface area (Å²) >= 11 is 0. The van der Waals surface area contributed by atoms with Crippen LogP contribution in [0, 0.1) is 0 Å². The summed E-state index contributed by atoms with van der Waals surface area (Å²) in [4.78, 5) is 2.30. The summed E-state index contributed by atoms with van der Waals surface area (Å²) in [5, 5.41) is 7.88. The molecule has 1 heterocycles. The number of anilines is 3. The first-order valence-electron chi connectivity index (χ1n) is 17.9. The summed E-state index contributed by atoms with van der Waals surface area (Å²) in [6.45, 7) is 0. The van der Waals surface area contributed by atoms with E-state index < -0.39 is 0 Å². The molecule has 0 spiro atoms. The van der Waals surface area contributed by atoms with Crippen molar-refractivity contribution in [3.63, 3.8) is 0 Å². The molecule has 1 aliphatic carbocycles. The van der Waals surface area contributed by atoms with Gasteiger partial charge >= 0.3 is 0 Å². The van der Waals surface area contributed by atoms with Crippen molar-refractivity contribution >= 4 is 60.4 Å². The zero-order chi connectivity index (χ0) is 34.2. The van der Waals surface area contributed by atoms with Crippen LogP contribution in [0.4, 0.5) is 17.1 Å². The van der Waals surface area contributed by atoms with E-state index in [1.54, 1.807) is 0 Å². The number of para-hydroxylation sites is 2. The first-order valence-corrected chi connectivity index (χ1v) is 17.9. The van der Waals surface area contributed by atoms with Gasteiger partial charge in [-0.05, 0) is 116 Å². The van der Waals surface area contributed by atoms with Crippen LogP contribution in [0.1, 0.15) is 0 Å². The second kappa shape index (κ2) is 11.3. The van der Waals surface area contributed by atoms with Crippen LogP contribution in [-0.2, 0) is 0 Å². The highest BCUT2D eigenvalue weighted by Crippen LogP contribution is 2.51. The summed E-state index contributed by atoms with van der Waals surface area (Å²) < 4.78 is 2.46. The van der Waals surface area contributed by atoms with E-state index in [0.717, 1.165) is 22.7 Å². The molecule has 0 aliphatic heterocycles. The van der Waals surface area contributed by atoms with Gasteiger partial charge in [0.1, 0.15) is 0 Å². The van der Waals surface area contributed by atoms with Gasteiger partial charge in [0, 0.05) is 38.9 Å². The van der Waals surface area contributed by atoms with E-state index >= 15 is 0 Å². The summed E-state index contributed by atoms with van der Waals surface area (Å²) in [5.41, 5.74) is 14.6. The molecule has 10 aromatic rings. The monoisotopic (exact) mass is 660 g/mol. The molecule has 1 aromatic heterocycles. The fraction of sp³-hybridized carbons (Fsp3) is 0. The van der Waals surface area contributed by atoms with Gasteiger partial charge in [-0.2, -0.15) is 0 Å². The standard InChI is InChI=1S/C50H32N2/c1-3-13-36(14-4-1)51(37-15-5-2-6-16-37)38-26-22-33(23-27-38)34-24-28-39(29-25-34)52-46-21-11-20-43-41-18-9-10-19-42(41)45-32-35-12-7-8-17-40(35)44-30-31-47(52)50(48(44)45)49(43)46/h1-32H. The maximum atomic E-state index is 2.46. The van der Waals surface area contributed by atoms with Crippen LogP contribution >= 0.6 is 0 Å². The Morgan fingerprint density at radius 2 is 0.885 bits per heavy atom. The molecule has 242 valence electrons. The van der Waals surface area contributed by atoms with E-state index in [1.807, 2.05) is 0 Å². The Morgan fingerprint density at radius 3 is 1.60 bits per heavy atom. The molecule has 0 bridgehead atoms. The highest BCUT2D eigenvalue weighted by molar-refractivity contribution is 6.33. The number of aromatic nitrogens is 1. The Bertz CT molecular complexity index is 2940. The Labute approximate surface area is 302 Å². The van der Waals surface area contributed by atoms with E-state index in [0.29, 0.717) is 0 Å². The molecular formula is C50H32N2. The van der Waals surface area contributed by atoms with Crippen LogP contribution in [0.5, 0.6) is 0 Å². The molecule has 52 heavy (non-hydrogen) atoms. The number of hydrogen-bond donors (Lipinski definition) is 0. The van der Waals surface area contributed by atoms with Crippen molar-refractivity contribution < 1.29 is 0 Å². The van der Waals surface area contributed by atoms with Gasteiger partial charge < -0.3 is 9.47 Å². The third-order valence-electron chi connectivity index (χ3n) is 10.9. The van der Waals surface area contributed by atoms with E-state index in [4.69, 9.17) is 0 Å². The van der Waals surface area contributed by atoms with Gasteiger partial charge in [0.05, 0.1) is 11.0 Å². The lowest BCUT2D eigenvalue weighted by Crippen LogP contribution is -2.09. The molecule has 9 aromatic carbocycles. The average Bonchev–Trinajstić information content (AvgIpc) is 3.50.